The van der Waals surface area contributed by atoms with Crippen molar-refractivity contribution in [1.29, 1.82) is 0 Å². The van der Waals surface area contributed by atoms with E-state index in [2.05, 4.69) is 10.3 Å². The second-order valence-corrected chi connectivity index (χ2v) is 4.63. The van der Waals surface area contributed by atoms with Gasteiger partial charge in [-0.15, -0.1) is 0 Å². The third kappa shape index (κ3) is 3.27. The Balaban J connectivity index is 1.85. The van der Waals surface area contributed by atoms with Crippen LogP contribution < -0.4 is 11.1 Å². The molecule has 0 radical (unpaired) electrons. The highest BCUT2D eigenvalue weighted by atomic mass is 16.1. The number of nitrogens with zero attached hydrogens (tertiary/aromatic N) is 1. The van der Waals surface area contributed by atoms with Crippen LogP contribution in [-0.4, -0.2) is 23.5 Å². The van der Waals surface area contributed by atoms with Crippen LogP contribution in [0.2, 0.25) is 0 Å². The minimum absolute atomic E-state index is 0.0848. The Morgan fingerprint density at radius 2 is 2.18 bits per heavy atom. The Kier molecular flexibility index (Phi) is 4.09. The third-order valence-electron chi connectivity index (χ3n) is 3.42. The number of aromatic nitrogens is 1. The summed E-state index contributed by atoms with van der Waals surface area (Å²) in [7, 11) is 0. The van der Waals surface area contributed by atoms with Crippen molar-refractivity contribution in [2.75, 3.05) is 6.54 Å². The van der Waals surface area contributed by atoms with Crippen molar-refractivity contribution in [3.63, 3.8) is 0 Å². The van der Waals surface area contributed by atoms with Crippen LogP contribution in [0.3, 0.4) is 0 Å². The lowest BCUT2D eigenvalue weighted by Gasteiger charge is -2.19. The second kappa shape index (κ2) is 5.77. The number of rotatable bonds is 4. The van der Waals surface area contributed by atoms with Gasteiger partial charge in [0.05, 0.1) is 6.42 Å². The number of nitrogens with one attached hydrogen (secondary N) is 1. The topological polar surface area (TPSA) is 68.0 Å². The molecule has 0 bridgehead atoms. The smallest absolute Gasteiger partial charge is 0.224 e. The molecule has 1 aliphatic carbocycles. The van der Waals surface area contributed by atoms with Crippen LogP contribution in [0.25, 0.3) is 0 Å². The van der Waals surface area contributed by atoms with Gasteiger partial charge in [-0.1, -0.05) is 6.42 Å². The van der Waals surface area contributed by atoms with E-state index in [-0.39, 0.29) is 11.9 Å². The first-order chi connectivity index (χ1) is 8.29. The Bertz CT molecular complexity index is 366. The standard InChI is InChI=1S/C13H19N3O/c14-9-11-2-1-3-12(11)16-13(17)8-10-4-6-15-7-5-10/h4-7,11-12H,1-3,8-9,14H2,(H,16,17). The van der Waals surface area contributed by atoms with Crippen molar-refractivity contribution in [3.8, 4) is 0 Å². The number of pyridine rings is 1. The summed E-state index contributed by atoms with van der Waals surface area (Å²) in [5, 5.41) is 3.09. The molecule has 4 nitrogen and oxygen atoms in total. The van der Waals surface area contributed by atoms with Crippen molar-refractivity contribution >= 4 is 5.91 Å². The largest absolute Gasteiger partial charge is 0.353 e. The van der Waals surface area contributed by atoms with E-state index in [4.69, 9.17) is 5.73 Å². The van der Waals surface area contributed by atoms with Gasteiger partial charge in [-0.25, -0.2) is 0 Å². The molecule has 17 heavy (non-hydrogen) atoms. The summed E-state index contributed by atoms with van der Waals surface area (Å²) < 4.78 is 0. The van der Waals surface area contributed by atoms with E-state index < -0.39 is 0 Å². The van der Waals surface area contributed by atoms with Crippen LogP contribution in [0, 0.1) is 5.92 Å². The third-order valence-corrected chi connectivity index (χ3v) is 3.42. The van der Waals surface area contributed by atoms with Crippen molar-refractivity contribution in [3.05, 3.63) is 30.1 Å². The molecule has 2 rings (SSSR count). The van der Waals surface area contributed by atoms with Crippen LogP contribution in [0.4, 0.5) is 0 Å². The molecule has 0 saturated heterocycles. The zero-order valence-electron chi connectivity index (χ0n) is 9.93. The van der Waals surface area contributed by atoms with Crippen molar-refractivity contribution in [2.24, 2.45) is 11.7 Å². The molecule has 1 aliphatic rings. The minimum Gasteiger partial charge on any atom is -0.353 e. The molecule has 1 amide bonds. The summed E-state index contributed by atoms with van der Waals surface area (Å²) in [4.78, 5) is 15.8. The molecule has 1 aromatic heterocycles. The van der Waals surface area contributed by atoms with Gasteiger partial charge in [-0.3, -0.25) is 9.78 Å². The maximum atomic E-state index is 11.9. The molecule has 2 unspecified atom stereocenters. The Hall–Kier alpha value is -1.42. The zero-order chi connectivity index (χ0) is 12.1. The van der Waals surface area contributed by atoms with E-state index in [1.54, 1.807) is 12.4 Å². The molecule has 1 heterocycles. The fraction of sp³-hybridized carbons (Fsp3) is 0.538. The van der Waals surface area contributed by atoms with E-state index >= 15 is 0 Å². The average molecular weight is 233 g/mol. The summed E-state index contributed by atoms with van der Waals surface area (Å²) in [6.07, 6.45) is 7.21. The maximum Gasteiger partial charge on any atom is 0.224 e. The van der Waals surface area contributed by atoms with Crippen LogP contribution in [0.5, 0.6) is 0 Å². The first-order valence-corrected chi connectivity index (χ1v) is 6.18. The number of carbonyl (C=O) groups excluding carboxylic acids is 1. The Labute approximate surface area is 102 Å². The lowest BCUT2D eigenvalue weighted by atomic mass is 10.0. The molecule has 1 fully saturated rings. The molecule has 3 N–H and O–H groups in total. The second-order valence-electron chi connectivity index (χ2n) is 4.63. The normalized spacial score (nSPS) is 23.6. The Morgan fingerprint density at radius 1 is 1.41 bits per heavy atom. The molecule has 1 aromatic rings. The van der Waals surface area contributed by atoms with Gasteiger partial charge in [0.1, 0.15) is 0 Å². The fourth-order valence-corrected chi connectivity index (χ4v) is 2.45. The van der Waals surface area contributed by atoms with Gasteiger partial charge >= 0.3 is 0 Å². The highest BCUT2D eigenvalue weighted by molar-refractivity contribution is 5.78. The van der Waals surface area contributed by atoms with Crippen molar-refractivity contribution < 1.29 is 4.79 Å². The van der Waals surface area contributed by atoms with Gasteiger partial charge in [0.2, 0.25) is 5.91 Å². The highest BCUT2D eigenvalue weighted by Gasteiger charge is 2.27. The van der Waals surface area contributed by atoms with Gasteiger partial charge in [0, 0.05) is 18.4 Å². The zero-order valence-corrected chi connectivity index (χ0v) is 9.93. The molecule has 0 aromatic carbocycles. The lowest BCUT2D eigenvalue weighted by Crippen LogP contribution is -2.40. The average Bonchev–Trinajstić information content (AvgIpc) is 2.77. The predicted octanol–water partition coefficient (Wildman–Crippen LogP) is 0.868. The molecule has 1 saturated carbocycles. The summed E-state index contributed by atoms with van der Waals surface area (Å²) in [6, 6.07) is 4.01. The van der Waals surface area contributed by atoms with Crippen LogP contribution >= 0.6 is 0 Å². The molecular formula is C13H19N3O. The van der Waals surface area contributed by atoms with E-state index in [9.17, 15) is 4.79 Å². The lowest BCUT2D eigenvalue weighted by molar-refractivity contribution is -0.121. The summed E-state index contributed by atoms with van der Waals surface area (Å²) in [5.74, 6) is 0.540. The minimum atomic E-state index is 0.0848. The molecule has 2 atom stereocenters. The first kappa shape index (κ1) is 12.0. The van der Waals surface area contributed by atoms with Gasteiger partial charge in [0.25, 0.3) is 0 Å². The van der Waals surface area contributed by atoms with Gasteiger partial charge in [-0.2, -0.15) is 0 Å². The number of hydrogen-bond acceptors (Lipinski definition) is 3. The SMILES string of the molecule is NCC1CCCC1NC(=O)Cc1ccncc1. The molecule has 0 spiro atoms. The highest BCUT2D eigenvalue weighted by Crippen LogP contribution is 2.24. The van der Waals surface area contributed by atoms with E-state index in [1.165, 1.54) is 6.42 Å². The van der Waals surface area contributed by atoms with E-state index in [1.807, 2.05) is 12.1 Å². The summed E-state index contributed by atoms with van der Waals surface area (Å²) in [6.45, 7) is 0.667. The summed E-state index contributed by atoms with van der Waals surface area (Å²) >= 11 is 0. The molecule has 92 valence electrons. The van der Waals surface area contributed by atoms with Crippen molar-refractivity contribution in [1.82, 2.24) is 10.3 Å². The van der Waals surface area contributed by atoms with Crippen LogP contribution in [-0.2, 0) is 11.2 Å². The van der Waals surface area contributed by atoms with E-state index in [0.29, 0.717) is 18.9 Å². The van der Waals surface area contributed by atoms with Crippen molar-refractivity contribution in [2.45, 2.75) is 31.7 Å². The van der Waals surface area contributed by atoms with Gasteiger partial charge in [-0.05, 0) is 43.0 Å². The number of carbonyl (C=O) groups is 1. The van der Waals surface area contributed by atoms with E-state index in [0.717, 1.165) is 18.4 Å². The number of nitrogens with two attached hydrogens (primary N) is 1. The summed E-state index contributed by atoms with van der Waals surface area (Å²) in [5.41, 5.74) is 6.69. The predicted molar refractivity (Wildman–Crippen MR) is 66.3 cm³/mol. The van der Waals surface area contributed by atoms with Gasteiger partial charge in [0.15, 0.2) is 0 Å². The quantitative estimate of drug-likeness (QED) is 0.810. The van der Waals surface area contributed by atoms with Crippen LogP contribution in [0.1, 0.15) is 24.8 Å². The molecule has 0 aliphatic heterocycles. The number of amides is 1. The first-order valence-electron chi connectivity index (χ1n) is 6.18. The maximum absolute atomic E-state index is 11.9. The fourth-order valence-electron chi connectivity index (χ4n) is 2.45. The monoisotopic (exact) mass is 233 g/mol. The molecular weight excluding hydrogens is 214 g/mol. The molecule has 4 heteroatoms. The number of hydrogen-bond donors (Lipinski definition) is 2. The van der Waals surface area contributed by atoms with Crippen LogP contribution in [0.15, 0.2) is 24.5 Å². The van der Waals surface area contributed by atoms with Gasteiger partial charge < -0.3 is 11.1 Å². The Morgan fingerprint density at radius 3 is 2.88 bits per heavy atom.